The van der Waals surface area contributed by atoms with Crippen LogP contribution in [0, 0.1) is 0 Å². The molecule has 0 saturated carbocycles. The Bertz CT molecular complexity index is 395. The summed E-state index contributed by atoms with van der Waals surface area (Å²) >= 11 is 0. The zero-order chi connectivity index (χ0) is 15.8. The van der Waals surface area contributed by atoms with Crippen LogP contribution >= 0.6 is 0 Å². The fraction of sp³-hybridized carbons (Fsp3) is 0.421. The summed E-state index contributed by atoms with van der Waals surface area (Å²) in [7, 11) is 0. The molecule has 0 aromatic heterocycles. The van der Waals surface area contributed by atoms with Crippen LogP contribution in [0.5, 0.6) is 0 Å². The van der Waals surface area contributed by atoms with E-state index in [9.17, 15) is 4.79 Å². The lowest BCUT2D eigenvalue weighted by Gasteiger charge is -2.02. The van der Waals surface area contributed by atoms with Crippen molar-refractivity contribution < 1.29 is 9.53 Å². The second-order valence-electron chi connectivity index (χ2n) is 4.68. The summed E-state index contributed by atoms with van der Waals surface area (Å²) in [6, 6.07) is 9.62. The van der Waals surface area contributed by atoms with Gasteiger partial charge in [-0.1, -0.05) is 81.8 Å². The Kier molecular flexibility index (Phi) is 13.3. The van der Waals surface area contributed by atoms with Crippen LogP contribution in [0.25, 0.3) is 0 Å². The van der Waals surface area contributed by atoms with Crippen molar-refractivity contribution in [3.8, 4) is 0 Å². The number of carbonyl (C=O) groups excluding carboxylic acids is 1. The molecular weight excluding hydrogens is 260 g/mol. The molecule has 0 bridgehead atoms. The van der Waals surface area contributed by atoms with Gasteiger partial charge < -0.3 is 4.74 Å². The second kappa shape index (κ2) is 14.6. The highest BCUT2D eigenvalue weighted by molar-refractivity contribution is 5.72. The van der Waals surface area contributed by atoms with Crippen molar-refractivity contribution in [1.29, 1.82) is 0 Å². The summed E-state index contributed by atoms with van der Waals surface area (Å²) < 4.78 is 4.96. The molecule has 0 radical (unpaired) electrons. The van der Waals surface area contributed by atoms with Gasteiger partial charge in [-0.3, -0.25) is 4.79 Å². The van der Waals surface area contributed by atoms with E-state index in [0.29, 0.717) is 13.0 Å². The third kappa shape index (κ3) is 12.9. The number of allylic oxidation sites excluding steroid dienone is 4. The van der Waals surface area contributed by atoms with E-state index in [1.54, 1.807) is 0 Å². The molecule has 0 saturated heterocycles. The first-order valence-corrected chi connectivity index (χ1v) is 7.75. The van der Waals surface area contributed by atoms with E-state index in [1.807, 2.05) is 37.3 Å². The summed E-state index contributed by atoms with van der Waals surface area (Å²) in [5.74, 6) is -0.145. The van der Waals surface area contributed by atoms with Crippen LogP contribution in [0.3, 0.4) is 0 Å². The molecule has 1 aromatic carbocycles. The molecule has 0 fully saturated rings. The van der Waals surface area contributed by atoms with Gasteiger partial charge in [0.05, 0.1) is 13.0 Å². The number of carbonyl (C=O) groups is 1. The summed E-state index contributed by atoms with van der Waals surface area (Å²) in [5.41, 5.74) is 1.00. The molecule has 21 heavy (non-hydrogen) atoms. The molecule has 0 heterocycles. The molecule has 0 aliphatic heterocycles. The van der Waals surface area contributed by atoms with Gasteiger partial charge in [-0.15, -0.1) is 0 Å². The molecule has 0 unspecified atom stereocenters. The Labute approximate surface area is 129 Å². The van der Waals surface area contributed by atoms with Crippen molar-refractivity contribution in [3.05, 3.63) is 60.2 Å². The number of ether oxygens (including phenoxy) is 1. The van der Waals surface area contributed by atoms with Gasteiger partial charge in [0.25, 0.3) is 0 Å². The van der Waals surface area contributed by atoms with Crippen LogP contribution in [-0.4, -0.2) is 12.6 Å². The van der Waals surface area contributed by atoms with E-state index >= 15 is 0 Å². The second-order valence-corrected chi connectivity index (χ2v) is 4.68. The Morgan fingerprint density at radius 3 is 2.05 bits per heavy atom. The predicted molar refractivity (Wildman–Crippen MR) is 90.3 cm³/mol. The summed E-state index contributed by atoms with van der Waals surface area (Å²) in [5, 5.41) is 0. The molecule has 0 atom stereocenters. The lowest BCUT2D eigenvalue weighted by atomic mass is 10.2. The number of benzene rings is 1. The van der Waals surface area contributed by atoms with E-state index < -0.39 is 0 Å². The van der Waals surface area contributed by atoms with Crippen molar-refractivity contribution in [2.45, 2.75) is 46.5 Å². The van der Waals surface area contributed by atoms with Gasteiger partial charge in [0, 0.05) is 0 Å². The number of rotatable bonds is 4. The van der Waals surface area contributed by atoms with Gasteiger partial charge in [-0.25, -0.2) is 0 Å². The smallest absolute Gasteiger partial charge is 0.310 e. The van der Waals surface area contributed by atoms with Gasteiger partial charge >= 0.3 is 5.97 Å². The highest BCUT2D eigenvalue weighted by Crippen LogP contribution is 2.00. The molecule has 0 N–H and O–H groups in total. The van der Waals surface area contributed by atoms with Crippen LogP contribution in [-0.2, 0) is 16.0 Å². The molecule has 0 spiro atoms. The first kappa shape index (κ1) is 19.2. The van der Waals surface area contributed by atoms with Gasteiger partial charge in [0.1, 0.15) is 0 Å². The Morgan fingerprint density at radius 1 is 1.05 bits per heavy atom. The summed E-state index contributed by atoms with van der Waals surface area (Å²) in [6.45, 7) is 6.75. The van der Waals surface area contributed by atoms with Gasteiger partial charge in [-0.2, -0.15) is 0 Å². The lowest BCUT2D eigenvalue weighted by molar-refractivity contribution is -0.142. The monoisotopic (exact) mass is 288 g/mol. The maximum Gasteiger partial charge on any atom is 0.310 e. The lowest BCUT2D eigenvalue weighted by Crippen LogP contribution is -2.08. The topological polar surface area (TPSA) is 26.3 Å². The molecule has 2 heteroatoms. The van der Waals surface area contributed by atoms with Crippen molar-refractivity contribution in [2.75, 3.05) is 6.61 Å². The number of esters is 1. The minimum Gasteiger partial charge on any atom is -0.465 e. The van der Waals surface area contributed by atoms with Gasteiger partial charge in [0.15, 0.2) is 0 Å². The predicted octanol–water partition coefficient (Wildman–Crippen LogP) is 5.10. The molecule has 2 nitrogen and oxygen atoms in total. The molecule has 1 aromatic rings. The molecule has 1 aliphatic carbocycles. The number of hydrogen-bond acceptors (Lipinski definition) is 2. The Hall–Kier alpha value is -1.83. The van der Waals surface area contributed by atoms with Gasteiger partial charge in [-0.05, 0) is 18.4 Å². The third-order valence-electron chi connectivity index (χ3n) is 2.31. The molecule has 0 amide bonds. The van der Waals surface area contributed by atoms with Crippen molar-refractivity contribution in [3.63, 3.8) is 0 Å². The van der Waals surface area contributed by atoms with Crippen molar-refractivity contribution in [2.24, 2.45) is 0 Å². The highest BCUT2D eigenvalue weighted by atomic mass is 16.5. The summed E-state index contributed by atoms with van der Waals surface area (Å²) in [4.78, 5) is 11.1. The standard InChI is InChI=1S/C11H14O2.C5H6.C3H8/c1-2-8-13-11(12)9-10-6-4-3-5-7-10;1-2-4-5-3-1;1-3-2/h3-7H,2,8-9H2,1H3;1-4H,5H2;3H2,1-2H3. The van der Waals surface area contributed by atoms with Crippen LogP contribution < -0.4 is 0 Å². The highest BCUT2D eigenvalue weighted by Gasteiger charge is 2.02. The Morgan fingerprint density at radius 2 is 1.62 bits per heavy atom. The van der Waals surface area contributed by atoms with E-state index in [1.165, 1.54) is 6.42 Å². The van der Waals surface area contributed by atoms with Crippen molar-refractivity contribution in [1.82, 2.24) is 0 Å². The van der Waals surface area contributed by atoms with E-state index in [0.717, 1.165) is 18.4 Å². The molecule has 116 valence electrons. The zero-order valence-electron chi connectivity index (χ0n) is 13.5. The van der Waals surface area contributed by atoms with Crippen molar-refractivity contribution >= 4 is 5.97 Å². The Balaban J connectivity index is 0.000000410. The average Bonchev–Trinajstić information content (AvgIpc) is 3.06. The maximum atomic E-state index is 11.1. The molecular formula is C19H28O2. The summed E-state index contributed by atoms with van der Waals surface area (Å²) in [6.07, 6.45) is 12.0. The van der Waals surface area contributed by atoms with E-state index in [2.05, 4.69) is 38.2 Å². The van der Waals surface area contributed by atoms with Crippen LogP contribution in [0.15, 0.2) is 54.6 Å². The van der Waals surface area contributed by atoms with Crippen LogP contribution in [0.4, 0.5) is 0 Å². The first-order valence-electron chi connectivity index (χ1n) is 7.75. The quantitative estimate of drug-likeness (QED) is 0.720. The zero-order valence-corrected chi connectivity index (χ0v) is 13.5. The molecule has 2 rings (SSSR count). The van der Waals surface area contributed by atoms with E-state index in [4.69, 9.17) is 4.74 Å². The molecule has 1 aliphatic rings. The normalized spacial score (nSPS) is 11.0. The first-order chi connectivity index (χ1) is 10.2. The van der Waals surface area contributed by atoms with Gasteiger partial charge in [0.2, 0.25) is 0 Å². The van der Waals surface area contributed by atoms with Crippen LogP contribution in [0.1, 0.15) is 45.6 Å². The third-order valence-corrected chi connectivity index (χ3v) is 2.31. The average molecular weight is 288 g/mol. The maximum absolute atomic E-state index is 11.1. The SMILES string of the molecule is C1=CCC=C1.CCC.CCCOC(=O)Cc1ccccc1. The van der Waals surface area contributed by atoms with Crippen LogP contribution in [0.2, 0.25) is 0 Å². The van der Waals surface area contributed by atoms with E-state index in [-0.39, 0.29) is 5.97 Å². The fourth-order valence-corrected chi connectivity index (χ4v) is 1.42. The minimum absolute atomic E-state index is 0.145. The largest absolute Gasteiger partial charge is 0.465 e. The minimum atomic E-state index is -0.145. The number of hydrogen-bond donors (Lipinski definition) is 0. The fourth-order valence-electron chi connectivity index (χ4n) is 1.42.